The number of carbonyl (C=O) groups excluding carboxylic acids is 2. The summed E-state index contributed by atoms with van der Waals surface area (Å²) in [4.78, 5) is 21.8. The molecule has 0 spiro atoms. The van der Waals surface area contributed by atoms with Crippen molar-refractivity contribution in [3.8, 4) is 0 Å². The van der Waals surface area contributed by atoms with Crippen LogP contribution in [0.3, 0.4) is 0 Å². The van der Waals surface area contributed by atoms with Crippen molar-refractivity contribution >= 4 is 12.3 Å². The van der Waals surface area contributed by atoms with Gasteiger partial charge >= 0.3 is 0 Å². The highest BCUT2D eigenvalue weighted by atomic mass is 16.2. The first-order chi connectivity index (χ1) is 4.63. The van der Waals surface area contributed by atoms with E-state index in [1.165, 1.54) is 7.05 Å². The largest absolute Gasteiger partial charge is 0.320 e. The van der Waals surface area contributed by atoms with E-state index in [4.69, 9.17) is 5.73 Å². The summed E-state index contributed by atoms with van der Waals surface area (Å²) in [5.74, 6) is -0.336. The summed E-state index contributed by atoms with van der Waals surface area (Å²) in [7, 11) is 1.39. The number of likely N-dealkylation sites (N-methyl/N-ethyl adjacent to an activating group) is 1. The number of nitrogens with two attached hydrogens (primary N) is 1. The molecule has 0 aliphatic heterocycles. The van der Waals surface area contributed by atoms with Crippen LogP contribution in [-0.2, 0) is 9.59 Å². The van der Waals surface area contributed by atoms with Gasteiger partial charge in [0.25, 0.3) is 0 Å². The molecule has 2 amide bonds. The minimum absolute atomic E-state index is 0.336. The molecule has 0 fully saturated rings. The average molecular weight is 144 g/mol. The van der Waals surface area contributed by atoms with Gasteiger partial charge in [-0.1, -0.05) is 6.92 Å². The Balaban J connectivity index is 3.93. The summed E-state index contributed by atoms with van der Waals surface area (Å²) < 4.78 is 0. The van der Waals surface area contributed by atoms with Crippen LogP contribution in [0.2, 0.25) is 0 Å². The van der Waals surface area contributed by atoms with Gasteiger partial charge in [0.15, 0.2) is 0 Å². The Morgan fingerprint density at radius 1 is 1.80 bits per heavy atom. The summed E-state index contributed by atoms with van der Waals surface area (Å²) in [6.07, 6.45) is 1.01. The monoisotopic (exact) mass is 144 g/mol. The fraction of sp³-hybridized carbons (Fsp3) is 0.667. The fourth-order valence-corrected chi connectivity index (χ4v) is 0.488. The number of hydrogen-bond donors (Lipinski definition) is 1. The molecule has 58 valence electrons. The van der Waals surface area contributed by atoms with E-state index in [9.17, 15) is 9.59 Å². The molecule has 0 rings (SSSR count). The van der Waals surface area contributed by atoms with E-state index in [-0.39, 0.29) is 5.91 Å². The number of imide groups is 1. The molecule has 1 unspecified atom stereocenters. The maximum absolute atomic E-state index is 10.9. The first-order valence-electron chi connectivity index (χ1n) is 3.11. The van der Waals surface area contributed by atoms with Crippen LogP contribution in [0.15, 0.2) is 0 Å². The summed E-state index contributed by atoms with van der Waals surface area (Å²) in [5, 5.41) is 0. The SMILES string of the molecule is CCC(N)C(=O)N(C)C=O. The van der Waals surface area contributed by atoms with Crippen molar-refractivity contribution in [2.75, 3.05) is 7.05 Å². The Morgan fingerprint density at radius 2 is 2.30 bits per heavy atom. The Kier molecular flexibility index (Phi) is 3.64. The van der Waals surface area contributed by atoms with Gasteiger partial charge in [-0.25, -0.2) is 0 Å². The smallest absolute Gasteiger partial charge is 0.245 e. The molecule has 10 heavy (non-hydrogen) atoms. The van der Waals surface area contributed by atoms with Crippen LogP contribution in [-0.4, -0.2) is 30.3 Å². The normalized spacial score (nSPS) is 12.3. The van der Waals surface area contributed by atoms with Crippen LogP contribution in [0.1, 0.15) is 13.3 Å². The maximum atomic E-state index is 10.9. The van der Waals surface area contributed by atoms with Crippen LogP contribution >= 0.6 is 0 Å². The predicted octanol–water partition coefficient (Wildman–Crippen LogP) is -0.662. The molecular formula is C6H12N2O2. The highest BCUT2D eigenvalue weighted by Gasteiger charge is 2.14. The highest BCUT2D eigenvalue weighted by Crippen LogP contribution is 1.90. The Bertz CT molecular complexity index is 136. The van der Waals surface area contributed by atoms with Gasteiger partial charge in [-0.3, -0.25) is 14.5 Å². The topological polar surface area (TPSA) is 63.4 Å². The van der Waals surface area contributed by atoms with Crippen molar-refractivity contribution < 1.29 is 9.59 Å². The van der Waals surface area contributed by atoms with E-state index in [1.807, 2.05) is 0 Å². The van der Waals surface area contributed by atoms with Crippen molar-refractivity contribution in [3.63, 3.8) is 0 Å². The van der Waals surface area contributed by atoms with Crippen LogP contribution in [0.4, 0.5) is 0 Å². The fourth-order valence-electron chi connectivity index (χ4n) is 0.488. The van der Waals surface area contributed by atoms with Crippen molar-refractivity contribution in [1.82, 2.24) is 4.90 Å². The predicted molar refractivity (Wildman–Crippen MR) is 37.1 cm³/mol. The van der Waals surface area contributed by atoms with E-state index in [2.05, 4.69) is 0 Å². The number of hydrogen-bond acceptors (Lipinski definition) is 3. The van der Waals surface area contributed by atoms with Gasteiger partial charge in [0.2, 0.25) is 12.3 Å². The molecule has 2 N–H and O–H groups in total. The van der Waals surface area contributed by atoms with Gasteiger partial charge in [-0.15, -0.1) is 0 Å². The second kappa shape index (κ2) is 4.00. The molecule has 0 aromatic heterocycles. The van der Waals surface area contributed by atoms with Crippen LogP contribution < -0.4 is 5.73 Å². The van der Waals surface area contributed by atoms with Crippen molar-refractivity contribution in [2.24, 2.45) is 5.73 Å². The lowest BCUT2D eigenvalue weighted by molar-refractivity contribution is -0.137. The second-order valence-corrected chi connectivity index (χ2v) is 2.07. The molecule has 4 nitrogen and oxygen atoms in total. The molecule has 0 aromatic carbocycles. The van der Waals surface area contributed by atoms with Gasteiger partial charge < -0.3 is 5.73 Å². The third kappa shape index (κ3) is 2.14. The molecular weight excluding hydrogens is 132 g/mol. The third-order valence-corrected chi connectivity index (χ3v) is 1.26. The van der Waals surface area contributed by atoms with E-state index < -0.39 is 6.04 Å². The molecule has 0 aliphatic rings. The standard InChI is InChI=1S/C6H12N2O2/c1-3-5(7)6(10)8(2)4-9/h4-5H,3,7H2,1-2H3. The van der Waals surface area contributed by atoms with Gasteiger partial charge in [-0.2, -0.15) is 0 Å². The van der Waals surface area contributed by atoms with E-state index in [1.54, 1.807) is 6.92 Å². The Hall–Kier alpha value is -0.900. The Labute approximate surface area is 60.0 Å². The molecule has 0 aromatic rings. The van der Waals surface area contributed by atoms with Crippen molar-refractivity contribution in [1.29, 1.82) is 0 Å². The minimum atomic E-state index is -0.546. The first kappa shape index (κ1) is 9.10. The lowest BCUT2D eigenvalue weighted by Crippen LogP contribution is -2.40. The summed E-state index contributed by atoms with van der Waals surface area (Å²) in [6.45, 7) is 1.79. The van der Waals surface area contributed by atoms with Gasteiger partial charge in [0, 0.05) is 7.05 Å². The average Bonchev–Trinajstić information content (AvgIpc) is 2.00. The van der Waals surface area contributed by atoms with Crippen LogP contribution in [0, 0.1) is 0 Å². The number of nitrogens with zero attached hydrogens (tertiary/aromatic N) is 1. The molecule has 0 radical (unpaired) electrons. The van der Waals surface area contributed by atoms with Gasteiger partial charge in [0.05, 0.1) is 6.04 Å². The zero-order chi connectivity index (χ0) is 8.15. The van der Waals surface area contributed by atoms with Crippen LogP contribution in [0.5, 0.6) is 0 Å². The van der Waals surface area contributed by atoms with E-state index in [0.29, 0.717) is 12.8 Å². The zero-order valence-corrected chi connectivity index (χ0v) is 6.20. The van der Waals surface area contributed by atoms with E-state index >= 15 is 0 Å². The summed E-state index contributed by atoms with van der Waals surface area (Å²) >= 11 is 0. The molecule has 4 heteroatoms. The first-order valence-corrected chi connectivity index (χ1v) is 3.11. The minimum Gasteiger partial charge on any atom is -0.320 e. The molecule has 0 aliphatic carbocycles. The Morgan fingerprint density at radius 3 is 2.60 bits per heavy atom. The second-order valence-electron chi connectivity index (χ2n) is 2.07. The third-order valence-electron chi connectivity index (χ3n) is 1.26. The number of amides is 2. The van der Waals surface area contributed by atoms with Crippen molar-refractivity contribution in [2.45, 2.75) is 19.4 Å². The molecule has 0 bridgehead atoms. The van der Waals surface area contributed by atoms with E-state index in [0.717, 1.165) is 4.90 Å². The maximum Gasteiger partial charge on any atom is 0.245 e. The van der Waals surface area contributed by atoms with Gasteiger partial charge in [-0.05, 0) is 6.42 Å². The summed E-state index contributed by atoms with van der Waals surface area (Å²) in [6, 6.07) is -0.546. The lowest BCUT2D eigenvalue weighted by atomic mass is 10.2. The lowest BCUT2D eigenvalue weighted by Gasteiger charge is -2.12. The number of carbonyl (C=O) groups is 2. The van der Waals surface area contributed by atoms with Crippen molar-refractivity contribution in [3.05, 3.63) is 0 Å². The van der Waals surface area contributed by atoms with Gasteiger partial charge in [0.1, 0.15) is 0 Å². The highest BCUT2D eigenvalue weighted by molar-refractivity contribution is 5.89. The molecule has 0 saturated heterocycles. The zero-order valence-electron chi connectivity index (χ0n) is 6.20. The quantitative estimate of drug-likeness (QED) is 0.535. The molecule has 1 atom stereocenters. The molecule has 0 heterocycles. The van der Waals surface area contributed by atoms with Crippen LogP contribution in [0.25, 0.3) is 0 Å². The summed E-state index contributed by atoms with van der Waals surface area (Å²) in [5.41, 5.74) is 5.34. The molecule has 0 saturated carbocycles. The number of rotatable bonds is 3.